The van der Waals surface area contributed by atoms with Crippen molar-refractivity contribution >= 4 is 27.4 Å². The molecule has 2 aromatic carbocycles. The number of carbonyl (C=O) groups excluding carboxylic acids is 1. The second-order valence-electron chi connectivity index (χ2n) is 8.98. The number of nitrogens with zero attached hydrogens (tertiary/aromatic N) is 3. The van der Waals surface area contributed by atoms with Crippen LogP contribution in [0.1, 0.15) is 48.9 Å². The number of ketones is 1. The van der Waals surface area contributed by atoms with Crippen LogP contribution in [0.3, 0.4) is 0 Å². The zero-order valence-corrected chi connectivity index (χ0v) is 21.3. The largest absolute Gasteiger partial charge is 0.416 e. The summed E-state index contributed by atoms with van der Waals surface area (Å²) in [5.74, 6) is -0.0808. The van der Waals surface area contributed by atoms with Crippen LogP contribution in [0.15, 0.2) is 53.3 Å². The standard InChI is InChI=1S/C24H24ClF3N4O4S/c1-37(35,36)30-21(19-4-2-3-5-20(19)24(26,27)28)13-12-18(33)14-31-23(34)32(17-10-11-17)22(29-31)15-6-8-16(25)9-7-15/h2-9,17,21,30H,10-14H2,1H3. The topological polar surface area (TPSA) is 103 Å². The van der Waals surface area contributed by atoms with E-state index in [-0.39, 0.29) is 24.4 Å². The van der Waals surface area contributed by atoms with Gasteiger partial charge in [-0.2, -0.15) is 13.2 Å². The summed E-state index contributed by atoms with van der Waals surface area (Å²) < 4.78 is 69.2. The lowest BCUT2D eigenvalue weighted by Crippen LogP contribution is -2.31. The van der Waals surface area contributed by atoms with Gasteiger partial charge in [0.1, 0.15) is 6.54 Å². The lowest BCUT2D eigenvalue weighted by atomic mass is 9.96. The van der Waals surface area contributed by atoms with Gasteiger partial charge in [0.05, 0.1) is 11.8 Å². The van der Waals surface area contributed by atoms with Gasteiger partial charge in [0.15, 0.2) is 11.6 Å². The number of hydrogen-bond donors (Lipinski definition) is 1. The van der Waals surface area contributed by atoms with Crippen molar-refractivity contribution < 1.29 is 26.4 Å². The predicted octanol–water partition coefficient (Wildman–Crippen LogP) is 4.36. The average Bonchev–Trinajstić information content (AvgIpc) is 3.60. The molecule has 0 bridgehead atoms. The third-order valence-electron chi connectivity index (χ3n) is 5.92. The quantitative estimate of drug-likeness (QED) is 0.400. The van der Waals surface area contributed by atoms with Crippen LogP contribution in [0.2, 0.25) is 5.02 Å². The van der Waals surface area contributed by atoms with Gasteiger partial charge in [0.2, 0.25) is 10.0 Å². The molecule has 4 rings (SSSR count). The first-order valence-electron chi connectivity index (χ1n) is 11.4. The second kappa shape index (κ2) is 10.4. The Balaban J connectivity index is 1.55. The van der Waals surface area contributed by atoms with E-state index in [4.69, 9.17) is 11.6 Å². The summed E-state index contributed by atoms with van der Waals surface area (Å²) in [6.45, 7) is -0.397. The fourth-order valence-electron chi connectivity index (χ4n) is 4.13. The molecule has 37 heavy (non-hydrogen) atoms. The van der Waals surface area contributed by atoms with E-state index in [1.165, 1.54) is 22.8 Å². The lowest BCUT2D eigenvalue weighted by molar-refractivity contribution is -0.138. The zero-order chi connectivity index (χ0) is 27.0. The van der Waals surface area contributed by atoms with Gasteiger partial charge >= 0.3 is 11.9 Å². The van der Waals surface area contributed by atoms with Gasteiger partial charge in [-0.3, -0.25) is 9.36 Å². The van der Waals surface area contributed by atoms with Crippen molar-refractivity contribution in [1.82, 2.24) is 19.1 Å². The minimum atomic E-state index is -4.71. The van der Waals surface area contributed by atoms with Crippen LogP contribution in [-0.2, 0) is 27.5 Å². The molecular formula is C24H24ClF3N4O4S. The molecule has 1 saturated carbocycles. The van der Waals surface area contributed by atoms with Crippen LogP contribution in [0.5, 0.6) is 0 Å². The Morgan fingerprint density at radius 2 is 1.81 bits per heavy atom. The minimum absolute atomic E-state index is 0.0239. The molecule has 1 heterocycles. The van der Waals surface area contributed by atoms with Crippen LogP contribution in [-0.4, -0.2) is 34.8 Å². The van der Waals surface area contributed by atoms with E-state index in [1.807, 2.05) is 0 Å². The van der Waals surface area contributed by atoms with Crippen molar-refractivity contribution in [2.45, 2.75) is 50.5 Å². The van der Waals surface area contributed by atoms with E-state index in [2.05, 4.69) is 9.82 Å². The van der Waals surface area contributed by atoms with Crippen molar-refractivity contribution in [3.05, 3.63) is 75.2 Å². The van der Waals surface area contributed by atoms with Crippen LogP contribution >= 0.6 is 11.6 Å². The summed E-state index contributed by atoms with van der Waals surface area (Å²) in [7, 11) is -3.89. The molecule has 1 atom stereocenters. The molecular weight excluding hydrogens is 533 g/mol. The molecule has 0 radical (unpaired) electrons. The number of alkyl halides is 3. The van der Waals surface area contributed by atoms with Gasteiger partial charge in [0.25, 0.3) is 0 Å². The number of Topliss-reactive ketones (excluding diaryl/α,β-unsaturated/α-hetero) is 1. The number of halogens is 4. The number of carbonyl (C=O) groups is 1. The van der Waals surface area contributed by atoms with Crippen molar-refractivity contribution in [3.63, 3.8) is 0 Å². The highest BCUT2D eigenvalue weighted by Crippen LogP contribution is 2.37. The average molecular weight is 557 g/mol. The molecule has 0 aliphatic heterocycles. The summed E-state index contributed by atoms with van der Waals surface area (Å²) in [4.78, 5) is 25.8. The third-order valence-corrected chi connectivity index (χ3v) is 6.89. The molecule has 1 aromatic heterocycles. The highest BCUT2D eigenvalue weighted by atomic mass is 35.5. The van der Waals surface area contributed by atoms with E-state index in [1.54, 1.807) is 24.3 Å². The first-order chi connectivity index (χ1) is 17.3. The number of rotatable bonds is 10. The molecule has 1 aliphatic rings. The van der Waals surface area contributed by atoms with Gasteiger partial charge in [0, 0.05) is 29.1 Å². The number of nitrogens with one attached hydrogen (secondary N) is 1. The van der Waals surface area contributed by atoms with Gasteiger partial charge in [-0.1, -0.05) is 29.8 Å². The Morgan fingerprint density at radius 3 is 2.41 bits per heavy atom. The number of aromatic nitrogens is 3. The Kier molecular flexibility index (Phi) is 7.63. The van der Waals surface area contributed by atoms with Crippen LogP contribution in [0.4, 0.5) is 13.2 Å². The van der Waals surface area contributed by atoms with Crippen molar-refractivity contribution in [2.24, 2.45) is 0 Å². The Hall–Kier alpha value is -2.96. The van der Waals surface area contributed by atoms with Crippen LogP contribution in [0.25, 0.3) is 11.4 Å². The molecule has 0 spiro atoms. The summed E-state index contributed by atoms with van der Waals surface area (Å²) in [6, 6.07) is 10.1. The van der Waals surface area contributed by atoms with Crippen molar-refractivity contribution in [2.75, 3.05) is 6.26 Å². The molecule has 8 nitrogen and oxygen atoms in total. The zero-order valence-electron chi connectivity index (χ0n) is 19.7. The molecule has 0 saturated heterocycles. The number of sulfonamides is 1. The fourth-order valence-corrected chi connectivity index (χ4v) is 5.02. The maximum absolute atomic E-state index is 13.5. The van der Waals surface area contributed by atoms with E-state index in [0.29, 0.717) is 16.4 Å². The maximum Gasteiger partial charge on any atom is 0.416 e. The molecule has 1 fully saturated rings. The van der Waals surface area contributed by atoms with E-state index < -0.39 is 45.8 Å². The highest BCUT2D eigenvalue weighted by Gasteiger charge is 2.36. The van der Waals surface area contributed by atoms with Crippen molar-refractivity contribution in [1.29, 1.82) is 0 Å². The number of hydrogen-bond acceptors (Lipinski definition) is 5. The second-order valence-corrected chi connectivity index (χ2v) is 11.2. The summed E-state index contributed by atoms with van der Waals surface area (Å²) >= 11 is 5.95. The van der Waals surface area contributed by atoms with Gasteiger partial charge in [-0.25, -0.2) is 22.6 Å². The lowest BCUT2D eigenvalue weighted by Gasteiger charge is -2.22. The summed E-state index contributed by atoms with van der Waals surface area (Å²) in [6.07, 6.45) is -2.78. The number of benzene rings is 2. The van der Waals surface area contributed by atoms with E-state index in [9.17, 15) is 31.2 Å². The molecule has 13 heteroatoms. The van der Waals surface area contributed by atoms with E-state index in [0.717, 1.165) is 29.8 Å². The molecule has 198 valence electrons. The maximum atomic E-state index is 13.5. The van der Waals surface area contributed by atoms with Gasteiger partial charge in [-0.05, 0) is 55.2 Å². The molecule has 0 amide bonds. The SMILES string of the molecule is CS(=O)(=O)NC(CCC(=O)Cn1nc(-c2ccc(Cl)cc2)n(C2CC2)c1=O)c1ccccc1C(F)(F)F. The summed E-state index contributed by atoms with van der Waals surface area (Å²) in [5.41, 5.74) is -1.08. The highest BCUT2D eigenvalue weighted by molar-refractivity contribution is 7.88. The normalized spacial score (nSPS) is 15.1. The first kappa shape index (κ1) is 27.1. The third kappa shape index (κ3) is 6.68. The Bertz CT molecular complexity index is 1460. The van der Waals surface area contributed by atoms with Gasteiger partial charge in [-0.15, -0.1) is 5.10 Å². The smallest absolute Gasteiger partial charge is 0.298 e. The Morgan fingerprint density at radius 1 is 1.16 bits per heavy atom. The monoisotopic (exact) mass is 556 g/mol. The fraction of sp³-hybridized carbons (Fsp3) is 0.375. The molecule has 1 N–H and O–H groups in total. The van der Waals surface area contributed by atoms with Gasteiger partial charge < -0.3 is 0 Å². The van der Waals surface area contributed by atoms with E-state index >= 15 is 0 Å². The molecule has 1 aliphatic carbocycles. The minimum Gasteiger partial charge on any atom is -0.298 e. The van der Waals surface area contributed by atoms with Crippen LogP contribution in [0, 0.1) is 0 Å². The molecule has 3 aromatic rings. The summed E-state index contributed by atoms with van der Waals surface area (Å²) in [5, 5.41) is 4.86. The van der Waals surface area contributed by atoms with Crippen molar-refractivity contribution in [3.8, 4) is 11.4 Å². The predicted molar refractivity (Wildman–Crippen MR) is 132 cm³/mol. The molecule has 1 unspecified atom stereocenters. The van der Waals surface area contributed by atoms with Crippen LogP contribution < -0.4 is 10.4 Å². The Labute approximate surface area is 216 Å². The first-order valence-corrected chi connectivity index (χ1v) is 13.7.